The molecule has 1 fully saturated rings. The van der Waals surface area contributed by atoms with Gasteiger partial charge in [-0.2, -0.15) is 0 Å². The van der Waals surface area contributed by atoms with Gasteiger partial charge < -0.3 is 5.32 Å². The zero-order valence-corrected chi connectivity index (χ0v) is 15.3. The predicted molar refractivity (Wildman–Crippen MR) is 106 cm³/mol. The van der Waals surface area contributed by atoms with Crippen LogP contribution in [0.4, 0.5) is 17.2 Å². The Labute approximate surface area is 159 Å². The number of nitrogens with zero attached hydrogens (tertiary/aromatic N) is 3. The number of benzene rings is 1. The molecule has 0 spiro atoms. The van der Waals surface area contributed by atoms with E-state index in [1.807, 2.05) is 36.0 Å². The van der Waals surface area contributed by atoms with E-state index in [4.69, 9.17) is 0 Å². The van der Waals surface area contributed by atoms with E-state index in [9.17, 15) is 14.9 Å². The molecule has 1 aromatic carbocycles. The minimum absolute atomic E-state index is 0.0487. The molecule has 8 heteroatoms. The Morgan fingerprint density at radius 2 is 1.89 bits per heavy atom. The van der Waals surface area contributed by atoms with E-state index in [1.165, 1.54) is 41.2 Å². The number of pyridine rings is 1. The normalized spacial score (nSPS) is 14.5. The maximum absolute atomic E-state index is 12.5. The van der Waals surface area contributed by atoms with Crippen LogP contribution in [0.15, 0.2) is 58.4 Å². The zero-order chi connectivity index (χ0) is 18.8. The molecule has 7 nitrogen and oxygen atoms in total. The van der Waals surface area contributed by atoms with Gasteiger partial charge in [-0.3, -0.25) is 19.3 Å². The van der Waals surface area contributed by atoms with Gasteiger partial charge in [0.25, 0.3) is 0 Å². The first-order valence-electron chi connectivity index (χ1n) is 8.81. The van der Waals surface area contributed by atoms with Gasteiger partial charge in [0.1, 0.15) is 5.65 Å². The number of nitro groups is 1. The lowest BCUT2D eigenvalue weighted by molar-refractivity contribution is -0.385. The van der Waals surface area contributed by atoms with Crippen LogP contribution < -0.4 is 10.9 Å². The lowest BCUT2D eigenvalue weighted by atomic mass is 10.3. The van der Waals surface area contributed by atoms with Crippen LogP contribution in [-0.4, -0.2) is 19.6 Å². The number of fused-ring (bicyclic) bond motifs is 1. The summed E-state index contributed by atoms with van der Waals surface area (Å²) >= 11 is 1.87. The molecule has 1 aliphatic carbocycles. The monoisotopic (exact) mass is 382 g/mol. The first-order chi connectivity index (χ1) is 13.1. The fourth-order valence-electron chi connectivity index (χ4n) is 3.28. The number of thioether (sulfide) groups is 1. The number of aromatic nitrogens is 2. The minimum Gasteiger partial charge on any atom is -0.334 e. The molecule has 4 rings (SSSR count). The summed E-state index contributed by atoms with van der Waals surface area (Å²) in [6.45, 7) is 0. The Morgan fingerprint density at radius 1 is 1.15 bits per heavy atom. The summed E-state index contributed by atoms with van der Waals surface area (Å²) in [7, 11) is 0. The van der Waals surface area contributed by atoms with Crippen LogP contribution in [0.5, 0.6) is 0 Å². The Balaban J connectivity index is 1.63. The summed E-state index contributed by atoms with van der Waals surface area (Å²) in [5.41, 5.74) is -0.269. The summed E-state index contributed by atoms with van der Waals surface area (Å²) in [4.78, 5) is 28.6. The van der Waals surface area contributed by atoms with Crippen molar-refractivity contribution in [2.75, 3.05) is 5.32 Å². The van der Waals surface area contributed by atoms with E-state index >= 15 is 0 Å². The SMILES string of the molecule is O=c1c([N+](=O)[O-])c(Nc2ccc(SC3CCCC3)cc2)nc2ccccn12. The second-order valence-corrected chi connectivity index (χ2v) is 7.85. The number of hydrogen-bond acceptors (Lipinski definition) is 6. The molecule has 0 saturated heterocycles. The summed E-state index contributed by atoms with van der Waals surface area (Å²) < 4.78 is 1.17. The third kappa shape index (κ3) is 3.66. The molecule has 2 aromatic heterocycles. The van der Waals surface area contributed by atoms with Gasteiger partial charge in [-0.25, -0.2) is 4.98 Å². The van der Waals surface area contributed by atoms with Crippen LogP contribution in [0.2, 0.25) is 0 Å². The van der Waals surface area contributed by atoms with E-state index in [2.05, 4.69) is 10.3 Å². The van der Waals surface area contributed by atoms with Crippen molar-refractivity contribution in [3.8, 4) is 0 Å². The third-order valence-corrected chi connectivity index (χ3v) is 5.96. The molecule has 0 aliphatic heterocycles. The van der Waals surface area contributed by atoms with Crippen molar-refractivity contribution in [2.24, 2.45) is 0 Å². The maximum atomic E-state index is 12.5. The van der Waals surface area contributed by atoms with Gasteiger partial charge in [-0.1, -0.05) is 18.9 Å². The minimum atomic E-state index is -0.707. The fraction of sp³-hybridized carbons (Fsp3) is 0.263. The highest BCUT2D eigenvalue weighted by molar-refractivity contribution is 8.00. The van der Waals surface area contributed by atoms with E-state index in [-0.39, 0.29) is 5.82 Å². The molecular weight excluding hydrogens is 364 g/mol. The topological polar surface area (TPSA) is 89.5 Å². The van der Waals surface area contributed by atoms with Crippen LogP contribution in [0.1, 0.15) is 25.7 Å². The van der Waals surface area contributed by atoms with Crippen LogP contribution in [0.25, 0.3) is 5.65 Å². The second kappa shape index (κ2) is 7.40. The Morgan fingerprint density at radius 3 is 2.59 bits per heavy atom. The van der Waals surface area contributed by atoms with Gasteiger partial charge in [0, 0.05) is 22.0 Å². The molecule has 0 amide bonds. The summed E-state index contributed by atoms with van der Waals surface area (Å²) in [6.07, 6.45) is 6.56. The van der Waals surface area contributed by atoms with Crippen LogP contribution >= 0.6 is 11.8 Å². The van der Waals surface area contributed by atoms with Crippen LogP contribution in [0.3, 0.4) is 0 Å². The highest BCUT2D eigenvalue weighted by Gasteiger charge is 2.23. The Kier molecular flexibility index (Phi) is 4.81. The third-order valence-electron chi connectivity index (χ3n) is 4.61. The molecule has 0 atom stereocenters. The molecule has 3 aromatic rings. The van der Waals surface area contributed by atoms with Crippen molar-refractivity contribution in [3.05, 3.63) is 69.1 Å². The maximum Gasteiger partial charge on any atom is 0.376 e. The molecule has 138 valence electrons. The average molecular weight is 382 g/mol. The van der Waals surface area contributed by atoms with Gasteiger partial charge in [0.15, 0.2) is 0 Å². The lowest BCUT2D eigenvalue weighted by Crippen LogP contribution is -2.20. The molecule has 2 heterocycles. The molecule has 1 aliphatic rings. The smallest absolute Gasteiger partial charge is 0.334 e. The number of hydrogen-bond donors (Lipinski definition) is 1. The quantitative estimate of drug-likeness (QED) is 0.520. The number of nitrogens with one attached hydrogen (secondary N) is 1. The second-order valence-electron chi connectivity index (χ2n) is 6.47. The molecule has 1 N–H and O–H groups in total. The largest absolute Gasteiger partial charge is 0.376 e. The predicted octanol–water partition coefficient (Wildman–Crippen LogP) is 4.38. The first-order valence-corrected chi connectivity index (χ1v) is 9.69. The molecule has 0 unspecified atom stereocenters. The van der Waals surface area contributed by atoms with E-state index in [1.54, 1.807) is 18.2 Å². The molecule has 27 heavy (non-hydrogen) atoms. The standard InChI is InChI=1S/C19H18N4O3S/c24-19-17(23(25)26)18(21-16-7-3-4-12-22(16)19)20-13-8-10-15(11-9-13)27-14-5-1-2-6-14/h3-4,7-12,14,20H,1-2,5-6H2. The summed E-state index contributed by atoms with van der Waals surface area (Å²) in [5.74, 6) is -0.0487. The van der Waals surface area contributed by atoms with Crippen molar-refractivity contribution >= 4 is 34.6 Å². The first kappa shape index (κ1) is 17.5. The Bertz CT molecular complexity index is 1040. The Hall–Kier alpha value is -2.87. The number of rotatable bonds is 5. The molecule has 0 radical (unpaired) electrons. The van der Waals surface area contributed by atoms with Gasteiger partial charge >= 0.3 is 11.2 Å². The van der Waals surface area contributed by atoms with E-state index in [0.717, 1.165) is 0 Å². The van der Waals surface area contributed by atoms with Crippen molar-refractivity contribution in [2.45, 2.75) is 35.8 Å². The lowest BCUT2D eigenvalue weighted by Gasteiger charge is -2.10. The fourth-order valence-corrected chi connectivity index (χ4v) is 4.53. The van der Waals surface area contributed by atoms with Gasteiger partial charge in [0.2, 0.25) is 5.82 Å². The average Bonchev–Trinajstić information content (AvgIpc) is 3.16. The number of anilines is 2. The van der Waals surface area contributed by atoms with Crippen molar-refractivity contribution in [1.82, 2.24) is 9.38 Å². The summed E-state index contributed by atoms with van der Waals surface area (Å²) in [5, 5.41) is 15.0. The highest BCUT2D eigenvalue weighted by atomic mass is 32.2. The van der Waals surface area contributed by atoms with Crippen molar-refractivity contribution < 1.29 is 4.92 Å². The zero-order valence-electron chi connectivity index (χ0n) is 14.5. The van der Waals surface area contributed by atoms with Gasteiger partial charge in [0.05, 0.1) is 4.92 Å². The van der Waals surface area contributed by atoms with E-state index < -0.39 is 16.2 Å². The van der Waals surface area contributed by atoms with Crippen molar-refractivity contribution in [1.29, 1.82) is 0 Å². The molecular formula is C19H18N4O3S. The van der Waals surface area contributed by atoms with E-state index in [0.29, 0.717) is 16.6 Å². The highest BCUT2D eigenvalue weighted by Crippen LogP contribution is 2.35. The molecule has 0 bridgehead atoms. The van der Waals surface area contributed by atoms with Crippen LogP contribution in [-0.2, 0) is 0 Å². The molecule has 1 saturated carbocycles. The van der Waals surface area contributed by atoms with Gasteiger partial charge in [-0.05, 0) is 49.2 Å². The van der Waals surface area contributed by atoms with Crippen LogP contribution in [0, 0.1) is 10.1 Å². The summed E-state index contributed by atoms with van der Waals surface area (Å²) in [6, 6.07) is 12.7. The van der Waals surface area contributed by atoms with Gasteiger partial charge in [-0.15, -0.1) is 11.8 Å². The van der Waals surface area contributed by atoms with Crippen molar-refractivity contribution in [3.63, 3.8) is 0 Å².